The van der Waals surface area contributed by atoms with Gasteiger partial charge in [0.25, 0.3) is 0 Å². The summed E-state index contributed by atoms with van der Waals surface area (Å²) in [5.41, 5.74) is 4.75. The lowest BCUT2D eigenvalue weighted by molar-refractivity contribution is -0.174. The molecule has 0 rings (SSSR count). The molecule has 0 amide bonds. The summed E-state index contributed by atoms with van der Waals surface area (Å²) in [5.74, 6) is -1.91. The zero-order valence-electron chi connectivity index (χ0n) is 11.7. The van der Waals surface area contributed by atoms with Crippen LogP contribution in [0.5, 0.6) is 0 Å². The molecule has 19 heavy (non-hydrogen) atoms. The van der Waals surface area contributed by atoms with Gasteiger partial charge in [-0.25, -0.2) is 0 Å². The van der Waals surface area contributed by atoms with Crippen LogP contribution in [0.2, 0.25) is 0 Å². The van der Waals surface area contributed by atoms with Gasteiger partial charge in [-0.2, -0.15) is 0 Å². The second kappa shape index (κ2) is 7.73. The van der Waals surface area contributed by atoms with Gasteiger partial charge in [-0.05, 0) is 27.7 Å². The van der Waals surface area contributed by atoms with Crippen LogP contribution < -0.4 is 5.73 Å². The van der Waals surface area contributed by atoms with E-state index in [1.54, 1.807) is 27.7 Å². The minimum Gasteiger partial charge on any atom is -0.466 e. The van der Waals surface area contributed by atoms with E-state index < -0.39 is 36.2 Å². The van der Waals surface area contributed by atoms with E-state index in [2.05, 4.69) is 9.47 Å². The van der Waals surface area contributed by atoms with Gasteiger partial charge in [-0.15, -0.1) is 0 Å². The Bertz CT molecular complexity index is 334. The molecule has 0 bridgehead atoms. The lowest BCUT2D eigenvalue weighted by Gasteiger charge is -2.17. The van der Waals surface area contributed by atoms with Crippen LogP contribution in [0.15, 0.2) is 0 Å². The normalized spacial score (nSPS) is 12.5. The molecular weight excluding hydrogens is 254 g/mol. The van der Waals surface area contributed by atoms with E-state index >= 15 is 0 Å². The Balaban J connectivity index is 3.98. The molecule has 0 aromatic carbocycles. The molecule has 7 heteroatoms. The predicted octanol–water partition coefficient (Wildman–Crippen LogP) is 0.357. The molecule has 7 nitrogen and oxygen atoms in total. The first-order valence-corrected chi connectivity index (χ1v) is 5.93. The SMILES string of the molecule is CCOC(=O)CC(N)C(=O)OCOC(=O)C(C)(C)C. The van der Waals surface area contributed by atoms with Crippen LogP contribution in [0.1, 0.15) is 34.1 Å². The fourth-order valence-electron chi connectivity index (χ4n) is 0.947. The molecular formula is C12H21NO6. The molecule has 0 spiro atoms. The Kier molecular flexibility index (Phi) is 7.06. The first-order chi connectivity index (χ1) is 8.68. The summed E-state index contributed by atoms with van der Waals surface area (Å²) in [4.78, 5) is 33.8. The van der Waals surface area contributed by atoms with Gasteiger partial charge in [0.2, 0.25) is 6.79 Å². The molecule has 0 aliphatic carbocycles. The summed E-state index contributed by atoms with van der Waals surface area (Å²) >= 11 is 0. The largest absolute Gasteiger partial charge is 0.466 e. The van der Waals surface area contributed by atoms with Crippen LogP contribution >= 0.6 is 0 Å². The van der Waals surface area contributed by atoms with Crippen molar-refractivity contribution in [3.8, 4) is 0 Å². The van der Waals surface area contributed by atoms with Crippen molar-refractivity contribution < 1.29 is 28.6 Å². The van der Waals surface area contributed by atoms with Crippen LogP contribution in [0, 0.1) is 5.41 Å². The monoisotopic (exact) mass is 275 g/mol. The van der Waals surface area contributed by atoms with Crippen molar-refractivity contribution in [1.29, 1.82) is 0 Å². The molecule has 110 valence electrons. The molecule has 0 saturated carbocycles. The maximum atomic E-state index is 11.4. The molecule has 0 aromatic heterocycles. The maximum Gasteiger partial charge on any atom is 0.326 e. The molecule has 1 unspecified atom stereocenters. The Morgan fingerprint density at radius 1 is 1.11 bits per heavy atom. The third kappa shape index (κ3) is 7.40. The number of hydrogen-bond acceptors (Lipinski definition) is 7. The summed E-state index contributed by atoms with van der Waals surface area (Å²) < 4.78 is 14.0. The van der Waals surface area contributed by atoms with Gasteiger partial charge in [0, 0.05) is 0 Å². The zero-order chi connectivity index (χ0) is 15.1. The summed E-state index contributed by atoms with van der Waals surface area (Å²) in [7, 11) is 0. The number of carbonyl (C=O) groups excluding carboxylic acids is 3. The highest BCUT2D eigenvalue weighted by Crippen LogP contribution is 2.14. The van der Waals surface area contributed by atoms with E-state index in [9.17, 15) is 14.4 Å². The Morgan fingerprint density at radius 3 is 2.16 bits per heavy atom. The molecule has 0 aromatic rings. The zero-order valence-corrected chi connectivity index (χ0v) is 11.7. The number of hydrogen-bond donors (Lipinski definition) is 1. The van der Waals surface area contributed by atoms with E-state index in [0.29, 0.717) is 0 Å². The average molecular weight is 275 g/mol. The van der Waals surface area contributed by atoms with Crippen molar-refractivity contribution in [2.75, 3.05) is 13.4 Å². The lowest BCUT2D eigenvalue weighted by Crippen LogP contribution is -2.36. The third-order valence-electron chi connectivity index (χ3n) is 2.00. The van der Waals surface area contributed by atoms with E-state index in [-0.39, 0.29) is 13.0 Å². The molecule has 0 aliphatic heterocycles. The van der Waals surface area contributed by atoms with E-state index in [1.807, 2.05) is 0 Å². The van der Waals surface area contributed by atoms with Gasteiger partial charge in [-0.1, -0.05) is 0 Å². The fourth-order valence-corrected chi connectivity index (χ4v) is 0.947. The Labute approximate surface area is 112 Å². The van der Waals surface area contributed by atoms with Crippen LogP contribution in [0.25, 0.3) is 0 Å². The van der Waals surface area contributed by atoms with Gasteiger partial charge < -0.3 is 19.9 Å². The minimum absolute atomic E-state index is 0.212. The van der Waals surface area contributed by atoms with Crippen LogP contribution in [-0.4, -0.2) is 37.3 Å². The number of esters is 3. The van der Waals surface area contributed by atoms with Gasteiger partial charge in [0.05, 0.1) is 18.4 Å². The highest BCUT2D eigenvalue weighted by Gasteiger charge is 2.24. The van der Waals surface area contributed by atoms with Crippen LogP contribution in [0.3, 0.4) is 0 Å². The lowest BCUT2D eigenvalue weighted by atomic mass is 9.98. The highest BCUT2D eigenvalue weighted by atomic mass is 16.7. The average Bonchev–Trinajstić information content (AvgIpc) is 2.27. The molecule has 0 saturated heterocycles. The van der Waals surface area contributed by atoms with Crippen molar-refractivity contribution >= 4 is 17.9 Å². The van der Waals surface area contributed by atoms with Gasteiger partial charge >= 0.3 is 17.9 Å². The number of carbonyl (C=O) groups is 3. The maximum absolute atomic E-state index is 11.4. The first-order valence-electron chi connectivity index (χ1n) is 5.93. The third-order valence-corrected chi connectivity index (χ3v) is 2.00. The summed E-state index contributed by atoms with van der Waals surface area (Å²) in [6, 6.07) is -1.13. The second-order valence-electron chi connectivity index (χ2n) is 4.88. The van der Waals surface area contributed by atoms with E-state index in [0.717, 1.165) is 0 Å². The Morgan fingerprint density at radius 2 is 1.68 bits per heavy atom. The van der Waals surface area contributed by atoms with Crippen molar-refractivity contribution in [3.05, 3.63) is 0 Å². The van der Waals surface area contributed by atoms with Crippen LogP contribution in [-0.2, 0) is 28.6 Å². The van der Waals surface area contributed by atoms with E-state index in [1.165, 1.54) is 0 Å². The van der Waals surface area contributed by atoms with Crippen LogP contribution in [0.4, 0.5) is 0 Å². The number of ether oxygens (including phenoxy) is 3. The molecule has 0 aliphatic rings. The standard InChI is InChI=1S/C12H21NO6/c1-5-17-9(14)6-8(13)10(15)18-7-19-11(16)12(2,3)4/h8H,5-7,13H2,1-4H3. The van der Waals surface area contributed by atoms with Crippen molar-refractivity contribution in [2.45, 2.75) is 40.2 Å². The molecule has 0 radical (unpaired) electrons. The highest BCUT2D eigenvalue weighted by molar-refractivity contribution is 5.82. The quantitative estimate of drug-likeness (QED) is 0.551. The molecule has 0 fully saturated rings. The van der Waals surface area contributed by atoms with Crippen molar-refractivity contribution in [1.82, 2.24) is 0 Å². The Hall–Kier alpha value is -1.63. The summed E-state index contributed by atoms with van der Waals surface area (Å²) in [6.07, 6.45) is -0.278. The molecule has 2 N–H and O–H groups in total. The van der Waals surface area contributed by atoms with E-state index in [4.69, 9.17) is 10.5 Å². The van der Waals surface area contributed by atoms with Gasteiger partial charge in [0.15, 0.2) is 0 Å². The van der Waals surface area contributed by atoms with Gasteiger partial charge in [-0.3, -0.25) is 14.4 Å². The predicted molar refractivity (Wildman–Crippen MR) is 65.7 cm³/mol. The van der Waals surface area contributed by atoms with Crippen molar-refractivity contribution in [2.24, 2.45) is 11.1 Å². The summed E-state index contributed by atoms with van der Waals surface area (Å²) in [6.45, 7) is 6.35. The first kappa shape index (κ1) is 17.4. The fraction of sp³-hybridized carbons (Fsp3) is 0.750. The van der Waals surface area contributed by atoms with Crippen molar-refractivity contribution in [3.63, 3.8) is 0 Å². The second-order valence-corrected chi connectivity index (χ2v) is 4.88. The molecule has 0 heterocycles. The minimum atomic E-state index is -1.13. The summed E-state index contributed by atoms with van der Waals surface area (Å²) in [5, 5.41) is 0. The topological polar surface area (TPSA) is 105 Å². The van der Waals surface area contributed by atoms with Gasteiger partial charge in [0.1, 0.15) is 6.04 Å². The number of rotatable bonds is 6. The number of nitrogens with two attached hydrogens (primary N) is 1. The molecule has 1 atom stereocenters. The smallest absolute Gasteiger partial charge is 0.326 e.